The summed E-state index contributed by atoms with van der Waals surface area (Å²) in [5.41, 5.74) is 23.2. The monoisotopic (exact) mass is 832 g/mol. The van der Waals surface area contributed by atoms with Crippen molar-refractivity contribution in [1.82, 2.24) is 0 Å². The smallest absolute Gasteiger partial charge is 0.142 e. The van der Waals surface area contributed by atoms with E-state index in [0.717, 1.165) is 35.5 Å². The van der Waals surface area contributed by atoms with Gasteiger partial charge >= 0.3 is 0 Å². The number of anilines is 2. The molecule has 0 saturated heterocycles. The Labute approximate surface area is 370 Å². The van der Waals surface area contributed by atoms with Crippen LogP contribution >= 0.6 is 0 Å². The Hall–Kier alpha value is -5.88. The first-order chi connectivity index (χ1) is 30.6. The largest absolute Gasteiger partial charge is 0.506 e. The van der Waals surface area contributed by atoms with Gasteiger partial charge in [-0.3, -0.25) is 0 Å². The molecule has 0 aromatic heterocycles. The number of phenols is 2. The minimum absolute atomic E-state index is 0.00696. The molecular formula is C57H56N2O4. The van der Waals surface area contributed by atoms with E-state index >= 15 is 0 Å². The van der Waals surface area contributed by atoms with Crippen LogP contribution in [-0.2, 0) is 16.2 Å². The van der Waals surface area contributed by atoms with Crippen LogP contribution in [0, 0.1) is 35.5 Å². The van der Waals surface area contributed by atoms with Crippen LogP contribution in [0.15, 0.2) is 121 Å². The summed E-state index contributed by atoms with van der Waals surface area (Å²) in [7, 11) is 0. The van der Waals surface area contributed by atoms with Crippen LogP contribution in [0.2, 0.25) is 0 Å². The second-order valence-corrected chi connectivity index (χ2v) is 21.4. The Bertz CT molecular complexity index is 2540. The molecule has 6 aromatic carbocycles. The predicted octanol–water partition coefficient (Wildman–Crippen LogP) is 13.1. The van der Waals surface area contributed by atoms with Crippen molar-refractivity contribution in [1.29, 1.82) is 0 Å². The molecule has 63 heavy (non-hydrogen) atoms. The van der Waals surface area contributed by atoms with Crippen molar-refractivity contribution in [3.63, 3.8) is 0 Å². The number of benzene rings is 6. The van der Waals surface area contributed by atoms with E-state index in [9.17, 15) is 10.2 Å². The van der Waals surface area contributed by atoms with E-state index in [1.807, 2.05) is 0 Å². The molecule has 6 heteroatoms. The fraction of sp³-hybridized carbons (Fsp3) is 0.368. The zero-order chi connectivity index (χ0) is 42.2. The van der Waals surface area contributed by atoms with Crippen LogP contribution in [0.5, 0.6) is 34.5 Å². The van der Waals surface area contributed by atoms with Gasteiger partial charge in [-0.1, -0.05) is 60.7 Å². The van der Waals surface area contributed by atoms with Gasteiger partial charge in [0.2, 0.25) is 0 Å². The fourth-order valence-electron chi connectivity index (χ4n) is 15.7. The lowest BCUT2D eigenvalue weighted by Gasteiger charge is -2.57. The molecule has 0 heterocycles. The summed E-state index contributed by atoms with van der Waals surface area (Å²) in [4.78, 5) is 0. The van der Waals surface area contributed by atoms with Crippen molar-refractivity contribution < 1.29 is 19.7 Å². The highest BCUT2D eigenvalue weighted by Gasteiger charge is 2.55. The standard InChI is InChI=1S/C57H56N2O4/c58-51-15-11-45(25-53(51)60)62-43-7-1-39(2-8-43)57(40-3-9-44(10-4-40)63-46-12-16-52(59)54(61)26-46)49-23-41(55-27-33-17-34(28-55)19-35(18-33)29-55)5-13-47(49)48-14-6-42(24-50(48)57)56-30-36-20-37(31-56)22-38(21-36)32-56/h1-16,23-26,33-38,60-61H,17-22,27-32,58-59H2. The summed E-state index contributed by atoms with van der Waals surface area (Å²) in [6.45, 7) is 0. The van der Waals surface area contributed by atoms with E-state index in [4.69, 9.17) is 20.9 Å². The fourth-order valence-corrected chi connectivity index (χ4v) is 15.7. The number of hydrogen-bond donors (Lipinski definition) is 4. The molecule has 15 rings (SSSR count). The number of ether oxygens (including phenoxy) is 2. The van der Waals surface area contributed by atoms with E-state index in [1.54, 1.807) is 36.4 Å². The zero-order valence-electron chi connectivity index (χ0n) is 35.9. The van der Waals surface area contributed by atoms with Crippen LogP contribution in [0.1, 0.15) is 110 Å². The van der Waals surface area contributed by atoms with Crippen LogP contribution in [-0.4, -0.2) is 10.2 Å². The molecule has 0 atom stereocenters. The highest BCUT2D eigenvalue weighted by molar-refractivity contribution is 5.87. The van der Waals surface area contributed by atoms with Crippen LogP contribution < -0.4 is 20.9 Å². The maximum absolute atomic E-state index is 10.4. The number of rotatable bonds is 8. The zero-order valence-corrected chi connectivity index (χ0v) is 35.9. The summed E-state index contributed by atoms with van der Waals surface area (Å²) in [5, 5.41) is 20.8. The molecule has 8 fully saturated rings. The number of aromatic hydroxyl groups is 2. The predicted molar refractivity (Wildman–Crippen MR) is 249 cm³/mol. The first-order valence-electron chi connectivity index (χ1n) is 23.7. The minimum atomic E-state index is -0.628. The first-order valence-corrected chi connectivity index (χ1v) is 23.7. The topological polar surface area (TPSA) is 111 Å². The van der Waals surface area contributed by atoms with Gasteiger partial charge in [-0.2, -0.15) is 0 Å². The normalized spacial score (nSPS) is 30.0. The van der Waals surface area contributed by atoms with Gasteiger partial charge in [0.15, 0.2) is 0 Å². The molecule has 318 valence electrons. The van der Waals surface area contributed by atoms with Gasteiger partial charge in [0.05, 0.1) is 16.8 Å². The summed E-state index contributed by atoms with van der Waals surface area (Å²) < 4.78 is 12.7. The molecule has 9 aliphatic rings. The van der Waals surface area contributed by atoms with Crippen LogP contribution in [0.3, 0.4) is 0 Å². The molecule has 6 nitrogen and oxygen atoms in total. The Morgan fingerprint density at radius 3 is 1.03 bits per heavy atom. The molecule has 9 aliphatic carbocycles. The Kier molecular flexibility index (Phi) is 8.11. The van der Waals surface area contributed by atoms with Crippen molar-refractivity contribution in [2.45, 2.75) is 93.3 Å². The maximum atomic E-state index is 10.4. The third kappa shape index (κ3) is 5.82. The minimum Gasteiger partial charge on any atom is -0.506 e. The van der Waals surface area contributed by atoms with Crippen molar-refractivity contribution in [3.05, 3.63) is 155 Å². The molecule has 0 spiro atoms. The lowest BCUT2D eigenvalue weighted by molar-refractivity contribution is -0.00530. The molecular weight excluding hydrogens is 777 g/mol. The van der Waals surface area contributed by atoms with E-state index in [1.165, 1.54) is 122 Å². The number of phenolic OH excluding ortho intramolecular Hbond substituents is 2. The van der Waals surface area contributed by atoms with Crippen molar-refractivity contribution in [3.8, 4) is 45.6 Å². The van der Waals surface area contributed by atoms with E-state index in [-0.39, 0.29) is 22.3 Å². The van der Waals surface area contributed by atoms with Gasteiger partial charge in [0, 0.05) is 12.1 Å². The Morgan fingerprint density at radius 1 is 0.381 bits per heavy atom. The van der Waals surface area contributed by atoms with Gasteiger partial charge in [-0.05, 0) is 216 Å². The molecule has 8 bridgehead atoms. The first kappa shape index (κ1) is 37.7. The van der Waals surface area contributed by atoms with E-state index in [2.05, 4.69) is 84.9 Å². The van der Waals surface area contributed by atoms with Gasteiger partial charge in [-0.15, -0.1) is 0 Å². The molecule has 0 unspecified atom stereocenters. The van der Waals surface area contributed by atoms with Gasteiger partial charge < -0.3 is 31.2 Å². The van der Waals surface area contributed by atoms with Crippen LogP contribution in [0.25, 0.3) is 11.1 Å². The SMILES string of the molecule is Nc1ccc(Oc2ccc(C3(c4ccc(Oc5ccc(N)c(O)c5)cc4)c4cc(C56CC7CC(CC(C7)C5)C6)ccc4-c4ccc(C56CC7CC(CC(C7)C5)C6)cc43)cc2)cc1O. The number of hydrogen-bond acceptors (Lipinski definition) is 6. The van der Waals surface area contributed by atoms with Crippen molar-refractivity contribution in [2.75, 3.05) is 11.5 Å². The second kappa shape index (κ2) is 13.6. The Balaban J connectivity index is 1.00. The third-order valence-corrected chi connectivity index (χ3v) is 17.5. The summed E-state index contributed by atoms with van der Waals surface area (Å²) >= 11 is 0. The van der Waals surface area contributed by atoms with E-state index in [0.29, 0.717) is 34.4 Å². The number of fused-ring (bicyclic) bond motifs is 3. The molecule has 8 saturated carbocycles. The van der Waals surface area contributed by atoms with Crippen molar-refractivity contribution in [2.24, 2.45) is 35.5 Å². The third-order valence-electron chi connectivity index (χ3n) is 17.5. The molecule has 0 radical (unpaired) electrons. The number of nitrogen functional groups attached to an aromatic ring is 2. The summed E-state index contributed by atoms with van der Waals surface area (Å²) in [6.07, 6.45) is 16.4. The molecule has 6 aromatic rings. The van der Waals surface area contributed by atoms with Gasteiger partial charge in [0.25, 0.3) is 0 Å². The van der Waals surface area contributed by atoms with Crippen molar-refractivity contribution >= 4 is 11.4 Å². The van der Waals surface area contributed by atoms with Gasteiger partial charge in [0.1, 0.15) is 34.5 Å². The second-order valence-electron chi connectivity index (χ2n) is 21.4. The molecule has 6 N–H and O–H groups in total. The average molecular weight is 833 g/mol. The quantitative estimate of drug-likeness (QED) is 0.0896. The highest BCUT2D eigenvalue weighted by Crippen LogP contribution is 2.65. The van der Waals surface area contributed by atoms with Gasteiger partial charge in [-0.25, -0.2) is 0 Å². The summed E-state index contributed by atoms with van der Waals surface area (Å²) in [5.74, 6) is 7.55. The highest BCUT2D eigenvalue weighted by atomic mass is 16.5. The maximum Gasteiger partial charge on any atom is 0.142 e. The lowest BCUT2D eigenvalue weighted by Crippen LogP contribution is -2.48. The lowest BCUT2D eigenvalue weighted by atomic mass is 9.47. The van der Waals surface area contributed by atoms with Crippen LogP contribution in [0.4, 0.5) is 11.4 Å². The Morgan fingerprint density at radius 2 is 0.698 bits per heavy atom. The molecule has 0 amide bonds. The molecule has 0 aliphatic heterocycles. The van der Waals surface area contributed by atoms with E-state index < -0.39 is 5.41 Å². The summed E-state index contributed by atoms with van der Waals surface area (Å²) in [6, 6.07) is 42.8. The number of nitrogens with two attached hydrogens (primary N) is 2. The average Bonchev–Trinajstić information content (AvgIpc) is 3.56.